The Morgan fingerprint density at radius 3 is 2.50 bits per heavy atom. The molecule has 7 heteroatoms. The maximum Gasteiger partial charge on any atom is 0.305 e. The predicted octanol–water partition coefficient (Wildman–Crippen LogP) is 2.42. The van der Waals surface area contributed by atoms with E-state index in [-0.39, 0.29) is 18.0 Å². The van der Waals surface area contributed by atoms with Gasteiger partial charge in [-0.3, -0.25) is 19.7 Å². The van der Waals surface area contributed by atoms with E-state index in [9.17, 15) is 19.7 Å². The zero-order valence-electron chi connectivity index (χ0n) is 12.3. The fourth-order valence-corrected chi connectivity index (χ4v) is 3.01. The summed E-state index contributed by atoms with van der Waals surface area (Å²) < 4.78 is 0. The van der Waals surface area contributed by atoms with Crippen LogP contribution >= 0.6 is 0 Å². The second-order valence-corrected chi connectivity index (χ2v) is 5.77. The van der Waals surface area contributed by atoms with Crippen molar-refractivity contribution in [3.63, 3.8) is 0 Å². The van der Waals surface area contributed by atoms with Crippen molar-refractivity contribution in [1.82, 2.24) is 5.32 Å². The number of non-ortho nitro benzene ring substituents is 1. The number of hydrogen-bond donors (Lipinski definition) is 2. The maximum atomic E-state index is 12.4. The van der Waals surface area contributed by atoms with Crippen LogP contribution in [0.15, 0.2) is 18.2 Å². The second-order valence-electron chi connectivity index (χ2n) is 5.77. The van der Waals surface area contributed by atoms with E-state index in [0.717, 1.165) is 12.8 Å². The third kappa shape index (κ3) is 3.41. The van der Waals surface area contributed by atoms with E-state index in [4.69, 9.17) is 5.11 Å². The Bertz CT molecular complexity index is 620. The molecule has 0 heterocycles. The van der Waals surface area contributed by atoms with Crippen molar-refractivity contribution in [1.29, 1.82) is 0 Å². The van der Waals surface area contributed by atoms with Gasteiger partial charge in [0.1, 0.15) is 0 Å². The number of nitrogens with one attached hydrogen (secondary N) is 1. The largest absolute Gasteiger partial charge is 0.481 e. The summed E-state index contributed by atoms with van der Waals surface area (Å²) in [6.45, 7) is 1.63. The van der Waals surface area contributed by atoms with Crippen molar-refractivity contribution in [3.05, 3.63) is 39.4 Å². The van der Waals surface area contributed by atoms with Crippen molar-refractivity contribution < 1.29 is 19.6 Å². The third-order valence-corrected chi connectivity index (χ3v) is 4.09. The molecule has 2 N–H and O–H groups in total. The minimum atomic E-state index is -0.942. The SMILES string of the molecule is Cc1cc([N+](=O)[O-])ccc1C(=O)NC1(CC(=O)O)CCCC1. The quantitative estimate of drug-likeness (QED) is 0.641. The number of nitrogens with zero attached hydrogens (tertiary/aromatic N) is 1. The Morgan fingerprint density at radius 2 is 2.00 bits per heavy atom. The fourth-order valence-electron chi connectivity index (χ4n) is 3.01. The molecule has 118 valence electrons. The molecule has 1 aromatic carbocycles. The normalized spacial score (nSPS) is 16.2. The zero-order valence-corrected chi connectivity index (χ0v) is 12.3. The Morgan fingerprint density at radius 1 is 1.36 bits per heavy atom. The highest BCUT2D eigenvalue weighted by atomic mass is 16.6. The van der Waals surface area contributed by atoms with E-state index in [1.807, 2.05) is 0 Å². The summed E-state index contributed by atoms with van der Waals surface area (Å²) in [7, 11) is 0. The number of amides is 1. The molecule has 1 fully saturated rings. The molecule has 0 aliphatic heterocycles. The van der Waals surface area contributed by atoms with Gasteiger partial charge in [0.05, 0.1) is 16.9 Å². The van der Waals surface area contributed by atoms with E-state index >= 15 is 0 Å². The number of carbonyl (C=O) groups excluding carboxylic acids is 1. The first-order chi connectivity index (χ1) is 10.3. The van der Waals surface area contributed by atoms with Gasteiger partial charge >= 0.3 is 5.97 Å². The number of aliphatic carboxylic acids is 1. The molecule has 0 saturated heterocycles. The van der Waals surface area contributed by atoms with Crippen molar-refractivity contribution >= 4 is 17.6 Å². The lowest BCUT2D eigenvalue weighted by atomic mass is 9.92. The molecule has 1 aliphatic rings. The fraction of sp³-hybridized carbons (Fsp3) is 0.467. The first kappa shape index (κ1) is 15.9. The molecule has 7 nitrogen and oxygen atoms in total. The summed E-state index contributed by atoms with van der Waals surface area (Å²) in [6.07, 6.45) is 2.93. The van der Waals surface area contributed by atoms with Gasteiger partial charge in [-0.15, -0.1) is 0 Å². The third-order valence-electron chi connectivity index (χ3n) is 4.09. The molecule has 0 spiro atoms. The summed E-state index contributed by atoms with van der Waals surface area (Å²) >= 11 is 0. The van der Waals surface area contributed by atoms with E-state index in [1.165, 1.54) is 18.2 Å². The minimum Gasteiger partial charge on any atom is -0.481 e. The van der Waals surface area contributed by atoms with E-state index < -0.39 is 16.4 Å². The number of benzene rings is 1. The van der Waals surface area contributed by atoms with Gasteiger partial charge in [-0.2, -0.15) is 0 Å². The van der Waals surface area contributed by atoms with E-state index in [1.54, 1.807) is 6.92 Å². The van der Waals surface area contributed by atoms with Gasteiger partial charge in [-0.25, -0.2) is 0 Å². The van der Waals surface area contributed by atoms with Crippen molar-refractivity contribution in [2.45, 2.75) is 44.6 Å². The molecule has 0 unspecified atom stereocenters. The van der Waals surface area contributed by atoms with Crippen LogP contribution in [0.25, 0.3) is 0 Å². The second kappa shape index (κ2) is 6.13. The van der Waals surface area contributed by atoms with Gasteiger partial charge < -0.3 is 10.4 Å². The number of rotatable bonds is 5. The van der Waals surface area contributed by atoms with Crippen LogP contribution in [0.4, 0.5) is 5.69 Å². The topological polar surface area (TPSA) is 110 Å². The predicted molar refractivity (Wildman–Crippen MR) is 78.8 cm³/mol. The lowest BCUT2D eigenvalue weighted by Crippen LogP contribution is -2.48. The van der Waals surface area contributed by atoms with Gasteiger partial charge in [-0.05, 0) is 31.4 Å². The van der Waals surface area contributed by atoms with Crippen LogP contribution in [-0.4, -0.2) is 27.4 Å². The average Bonchev–Trinajstić information content (AvgIpc) is 2.85. The summed E-state index contributed by atoms with van der Waals surface area (Å²) in [5.41, 5.74) is 0.0459. The van der Waals surface area contributed by atoms with Gasteiger partial charge in [-0.1, -0.05) is 12.8 Å². The summed E-state index contributed by atoms with van der Waals surface area (Å²) in [6, 6.07) is 4.03. The van der Waals surface area contributed by atoms with Gasteiger partial charge in [0.2, 0.25) is 0 Å². The highest BCUT2D eigenvalue weighted by Crippen LogP contribution is 2.33. The molecule has 2 rings (SSSR count). The zero-order chi connectivity index (χ0) is 16.3. The maximum absolute atomic E-state index is 12.4. The van der Waals surface area contributed by atoms with Crippen LogP contribution in [0.3, 0.4) is 0 Å². The number of nitro benzene ring substituents is 1. The molecule has 0 radical (unpaired) electrons. The molecule has 0 aromatic heterocycles. The molecule has 1 amide bonds. The number of nitro groups is 1. The molecule has 0 bridgehead atoms. The number of carbonyl (C=O) groups is 2. The van der Waals surface area contributed by atoms with E-state index in [0.29, 0.717) is 24.0 Å². The lowest BCUT2D eigenvalue weighted by Gasteiger charge is -2.29. The molecule has 0 atom stereocenters. The van der Waals surface area contributed by atoms with Crippen LogP contribution in [0.2, 0.25) is 0 Å². The van der Waals surface area contributed by atoms with E-state index in [2.05, 4.69) is 5.32 Å². The minimum absolute atomic E-state index is 0.0739. The number of hydrogen-bond acceptors (Lipinski definition) is 4. The van der Waals surface area contributed by atoms with Crippen molar-refractivity contribution in [3.8, 4) is 0 Å². The van der Waals surface area contributed by atoms with Crippen LogP contribution in [0.1, 0.15) is 48.0 Å². The van der Waals surface area contributed by atoms with Crippen molar-refractivity contribution in [2.24, 2.45) is 0 Å². The Labute approximate surface area is 127 Å². The number of carboxylic acids is 1. The van der Waals surface area contributed by atoms with Crippen LogP contribution < -0.4 is 5.32 Å². The standard InChI is InChI=1S/C15H18N2O5/c1-10-8-11(17(21)22)4-5-12(10)14(20)16-15(9-13(18)19)6-2-3-7-15/h4-5,8H,2-3,6-7,9H2,1H3,(H,16,20)(H,18,19). The monoisotopic (exact) mass is 306 g/mol. The van der Waals surface area contributed by atoms with Crippen molar-refractivity contribution in [2.75, 3.05) is 0 Å². The van der Waals surface area contributed by atoms with Gasteiger partial charge in [0.15, 0.2) is 0 Å². The Balaban J connectivity index is 2.20. The Kier molecular flexibility index (Phi) is 4.44. The highest BCUT2D eigenvalue weighted by Gasteiger charge is 2.37. The molecule has 1 aromatic rings. The molecule has 1 saturated carbocycles. The lowest BCUT2D eigenvalue weighted by molar-refractivity contribution is -0.384. The summed E-state index contributed by atoms with van der Waals surface area (Å²) in [5.74, 6) is -1.32. The van der Waals surface area contributed by atoms with Crippen LogP contribution in [0, 0.1) is 17.0 Å². The van der Waals surface area contributed by atoms with Gasteiger partial charge in [0.25, 0.3) is 11.6 Å². The van der Waals surface area contributed by atoms with Crippen LogP contribution in [0.5, 0.6) is 0 Å². The highest BCUT2D eigenvalue weighted by molar-refractivity contribution is 5.96. The molecular formula is C15H18N2O5. The van der Waals surface area contributed by atoms with Gasteiger partial charge in [0, 0.05) is 17.7 Å². The summed E-state index contributed by atoms with van der Waals surface area (Å²) in [4.78, 5) is 33.7. The number of carboxylic acid groups (broad SMARTS) is 1. The smallest absolute Gasteiger partial charge is 0.305 e. The number of aryl methyl sites for hydroxylation is 1. The first-order valence-electron chi connectivity index (χ1n) is 7.12. The first-order valence-corrected chi connectivity index (χ1v) is 7.12. The summed E-state index contributed by atoms with van der Waals surface area (Å²) in [5, 5.41) is 22.6. The van der Waals surface area contributed by atoms with Crippen LogP contribution in [-0.2, 0) is 4.79 Å². The molecular weight excluding hydrogens is 288 g/mol. The Hall–Kier alpha value is -2.44. The average molecular weight is 306 g/mol. The molecule has 1 aliphatic carbocycles. The molecule has 22 heavy (non-hydrogen) atoms.